The van der Waals surface area contributed by atoms with E-state index in [0.29, 0.717) is 0 Å². The number of hydrogen-bond acceptors (Lipinski definition) is 2. The molecule has 0 aromatic carbocycles. The second-order valence-corrected chi connectivity index (χ2v) is 0. The van der Waals surface area contributed by atoms with Gasteiger partial charge in [-0.15, -0.1) is 0 Å². The van der Waals surface area contributed by atoms with Crippen LogP contribution in [0.5, 0.6) is 0 Å². The summed E-state index contributed by atoms with van der Waals surface area (Å²) in [5, 5.41) is 13.0. The van der Waals surface area contributed by atoms with Crippen LogP contribution in [0, 0.1) is 23.7 Å². The second kappa shape index (κ2) is 99.1. The fourth-order valence-electron chi connectivity index (χ4n) is 0. The van der Waals surface area contributed by atoms with E-state index in [4.69, 9.17) is 10.5 Å². The molecule has 4 heteroatoms. The van der Waals surface area contributed by atoms with Gasteiger partial charge >= 0.3 is 51.4 Å². The quantitative estimate of drug-likeness (QED) is 0.404. The Morgan fingerprint density at radius 3 is 1.00 bits per heavy atom. The summed E-state index contributed by atoms with van der Waals surface area (Å²) >= 11 is 0. The van der Waals surface area contributed by atoms with Gasteiger partial charge in [-0.1, -0.05) is 0 Å². The molecular weight excluding hydrogens is 199 g/mol. The number of rotatable bonds is 0. The van der Waals surface area contributed by atoms with Gasteiger partial charge in [0.2, 0.25) is 0 Å². The Hall–Kier alpha value is 1.36. The Morgan fingerprint density at radius 1 is 1.00 bits per heavy atom. The molecule has 0 saturated heterocycles. The van der Waals surface area contributed by atoms with Crippen LogP contribution < -0.4 is 51.4 Å². The van der Waals surface area contributed by atoms with Crippen molar-refractivity contribution in [2.75, 3.05) is 0 Å². The standard InChI is InChI=1S/2CHN.Ag.K.H/c2*1-2;;;/h2*1H;;;/q;;;+1;-1. The predicted octanol–water partition coefficient (Wildman–Crippen LogP) is -2.61. The molecule has 0 rings (SSSR count). The molecule has 0 N–H and O–H groups in total. The van der Waals surface area contributed by atoms with Gasteiger partial charge in [-0.05, 0) is 0 Å². The Kier molecular flexibility index (Phi) is 436. The molecular formula is C2H3AgKN2. The van der Waals surface area contributed by atoms with E-state index in [2.05, 4.69) is 13.1 Å². The Morgan fingerprint density at radius 2 is 1.00 bits per heavy atom. The van der Waals surface area contributed by atoms with Gasteiger partial charge in [0.15, 0.2) is 0 Å². The number of nitriles is 2. The first-order chi connectivity index (χ1) is 2.00. The van der Waals surface area contributed by atoms with Crippen molar-refractivity contribution in [2.45, 2.75) is 0 Å². The summed E-state index contributed by atoms with van der Waals surface area (Å²) in [5.41, 5.74) is 0. The van der Waals surface area contributed by atoms with Crippen LogP contribution in [0.2, 0.25) is 0 Å². The summed E-state index contributed by atoms with van der Waals surface area (Å²) in [6.45, 7) is 7.00. The Labute approximate surface area is 96.9 Å². The maximum Gasteiger partial charge on any atom is 1.00 e. The van der Waals surface area contributed by atoms with Gasteiger partial charge in [-0.25, -0.2) is 10.5 Å². The topological polar surface area (TPSA) is 47.6 Å². The molecule has 0 aliphatic heterocycles. The smallest absolute Gasteiger partial charge is 1.00 e. The molecule has 0 amide bonds. The monoisotopic (exact) mass is 201 g/mol. The van der Waals surface area contributed by atoms with E-state index in [-0.39, 0.29) is 75.2 Å². The molecule has 0 unspecified atom stereocenters. The van der Waals surface area contributed by atoms with Crippen LogP contribution in [0.15, 0.2) is 0 Å². The van der Waals surface area contributed by atoms with Crippen molar-refractivity contribution in [3.05, 3.63) is 0 Å². The van der Waals surface area contributed by atoms with Gasteiger partial charge in [-0.2, -0.15) is 0 Å². The average molecular weight is 202 g/mol. The summed E-state index contributed by atoms with van der Waals surface area (Å²) in [6.07, 6.45) is 0. The van der Waals surface area contributed by atoms with Crippen LogP contribution in [0.25, 0.3) is 0 Å². The van der Waals surface area contributed by atoms with E-state index in [9.17, 15) is 0 Å². The molecule has 0 atom stereocenters. The summed E-state index contributed by atoms with van der Waals surface area (Å²) < 4.78 is 0. The molecule has 0 fully saturated rings. The molecule has 0 saturated carbocycles. The summed E-state index contributed by atoms with van der Waals surface area (Å²) in [5.74, 6) is 0. The van der Waals surface area contributed by atoms with Gasteiger partial charge in [0, 0.05) is 35.5 Å². The molecule has 0 aliphatic carbocycles. The summed E-state index contributed by atoms with van der Waals surface area (Å²) in [4.78, 5) is 0. The Balaban J connectivity index is -0.00000000267. The first-order valence-corrected chi connectivity index (χ1v) is 0.516. The maximum atomic E-state index is 6.50. The predicted molar refractivity (Wildman–Crippen MR) is 14.5 cm³/mol. The van der Waals surface area contributed by atoms with E-state index in [1.807, 2.05) is 0 Å². The van der Waals surface area contributed by atoms with Crippen molar-refractivity contribution in [1.29, 1.82) is 10.5 Å². The zero-order chi connectivity index (χ0) is 4.00. The van der Waals surface area contributed by atoms with Crippen molar-refractivity contribution >= 4 is 0 Å². The van der Waals surface area contributed by atoms with Gasteiger partial charge in [0.05, 0.1) is 0 Å². The van der Waals surface area contributed by atoms with Gasteiger partial charge < -0.3 is 1.43 Å². The van der Waals surface area contributed by atoms with Crippen molar-refractivity contribution in [2.24, 2.45) is 0 Å². The molecule has 6 heavy (non-hydrogen) atoms. The van der Waals surface area contributed by atoms with Crippen LogP contribution in [0.1, 0.15) is 1.43 Å². The van der Waals surface area contributed by atoms with Gasteiger partial charge in [0.1, 0.15) is 0 Å². The van der Waals surface area contributed by atoms with Crippen molar-refractivity contribution in [3.8, 4) is 13.1 Å². The van der Waals surface area contributed by atoms with Crippen LogP contribution in [-0.2, 0) is 22.4 Å². The zero-order valence-electron chi connectivity index (χ0n) is 4.35. The minimum absolute atomic E-state index is 0. The van der Waals surface area contributed by atoms with Crippen molar-refractivity contribution < 1.29 is 75.2 Å². The zero-order valence-corrected chi connectivity index (χ0v) is 7.96. The summed E-state index contributed by atoms with van der Waals surface area (Å²) in [7, 11) is 0. The third-order valence-corrected chi connectivity index (χ3v) is 0. The van der Waals surface area contributed by atoms with Gasteiger partial charge in [0.25, 0.3) is 0 Å². The van der Waals surface area contributed by atoms with E-state index in [1.54, 1.807) is 0 Å². The van der Waals surface area contributed by atoms with Crippen LogP contribution in [-0.4, -0.2) is 0 Å². The first-order valence-electron chi connectivity index (χ1n) is 0.516. The van der Waals surface area contributed by atoms with Crippen molar-refractivity contribution in [1.82, 2.24) is 0 Å². The normalized spacial score (nSPS) is 0.667. The van der Waals surface area contributed by atoms with Crippen LogP contribution in [0.3, 0.4) is 0 Å². The van der Waals surface area contributed by atoms with Crippen LogP contribution >= 0.6 is 0 Å². The summed E-state index contributed by atoms with van der Waals surface area (Å²) in [6, 6.07) is 0. The molecule has 0 aromatic rings. The third-order valence-electron chi connectivity index (χ3n) is 0. The third kappa shape index (κ3) is 55.2. The minimum Gasteiger partial charge on any atom is -1.00 e. The molecule has 33 valence electrons. The maximum absolute atomic E-state index is 6.50. The number of hydrogen-bond donors (Lipinski definition) is 0. The second-order valence-electron chi connectivity index (χ2n) is 0. The van der Waals surface area contributed by atoms with E-state index in [1.165, 1.54) is 0 Å². The number of nitrogens with zero attached hydrogens (tertiary/aromatic N) is 2. The molecule has 0 aliphatic rings. The average Bonchev–Trinajstić information content (AvgIpc) is 1.50. The fourth-order valence-corrected chi connectivity index (χ4v) is 0. The van der Waals surface area contributed by atoms with Crippen molar-refractivity contribution in [3.63, 3.8) is 0 Å². The molecule has 0 heterocycles. The van der Waals surface area contributed by atoms with Crippen LogP contribution in [0.4, 0.5) is 0 Å². The Bertz CT molecular complexity index is 31.2. The van der Waals surface area contributed by atoms with E-state index < -0.39 is 0 Å². The molecule has 0 bridgehead atoms. The van der Waals surface area contributed by atoms with E-state index in [0.717, 1.165) is 0 Å². The SMILES string of the molecule is C#N.C#N.[Ag].[H-].[K+]. The molecule has 0 aromatic heterocycles. The van der Waals surface area contributed by atoms with E-state index >= 15 is 0 Å². The largest absolute Gasteiger partial charge is 1.00 e. The minimum atomic E-state index is 0. The fraction of sp³-hybridized carbons (Fsp3) is 0. The van der Waals surface area contributed by atoms with Gasteiger partial charge in [-0.3, -0.25) is 0 Å². The first kappa shape index (κ1) is 26.4. The molecule has 0 spiro atoms. The molecule has 2 nitrogen and oxygen atoms in total. The molecule has 1 radical (unpaired) electrons.